The summed E-state index contributed by atoms with van der Waals surface area (Å²) in [6, 6.07) is 15.7. The molecule has 1 aliphatic rings. The van der Waals surface area contributed by atoms with Crippen LogP contribution in [0.15, 0.2) is 82.6 Å². The fourth-order valence-corrected chi connectivity index (χ4v) is 7.88. The fourth-order valence-electron chi connectivity index (χ4n) is 5.71. The summed E-state index contributed by atoms with van der Waals surface area (Å²) >= 11 is 0. The first kappa shape index (κ1) is 35.7. The molecule has 1 aromatic heterocycles. The van der Waals surface area contributed by atoms with E-state index >= 15 is 0 Å². The number of hydrogen-bond acceptors (Lipinski definition) is 7. The van der Waals surface area contributed by atoms with Crippen molar-refractivity contribution < 1.29 is 40.3 Å². The van der Waals surface area contributed by atoms with E-state index in [0.29, 0.717) is 22.5 Å². The number of benzene rings is 3. The summed E-state index contributed by atoms with van der Waals surface area (Å²) in [7, 11) is -8.47. The molecule has 1 saturated heterocycles. The molecule has 2 heterocycles. The van der Waals surface area contributed by atoms with Crippen LogP contribution in [0.3, 0.4) is 0 Å². The summed E-state index contributed by atoms with van der Waals surface area (Å²) in [5.41, 5.74) is 1.90. The molecule has 1 fully saturated rings. The van der Waals surface area contributed by atoms with Crippen molar-refractivity contribution in [3.63, 3.8) is 0 Å². The van der Waals surface area contributed by atoms with Crippen molar-refractivity contribution in [1.29, 1.82) is 0 Å². The molecule has 0 saturated carbocycles. The maximum absolute atomic E-state index is 14.4. The third kappa shape index (κ3) is 7.89. The molecule has 0 amide bonds. The lowest BCUT2D eigenvalue weighted by molar-refractivity contribution is -0.160. The van der Waals surface area contributed by atoms with Crippen molar-refractivity contribution in [2.45, 2.75) is 75.0 Å². The Morgan fingerprint density at radius 1 is 0.936 bits per heavy atom. The standard InChI is InChI=1S/C32H33F2N3O7S2.CH4/c1-19(2)30-32(46(42,43)36-24-11-13-27(14-12-24)45(35,40)41)29(20-3-7-22(33)8-4-20)31(21-5-9-23(34)10-6-21)37(30)16-15-26-17-25(38)18-28(39)44-26;/h3-14,19,25-26,36,38H,15-18H2,1-2H3,(H2,35,40,41);1H4/t25-,26?;/m1./s1. The number of nitrogens with two attached hydrogens (primary N) is 1. The molecule has 14 heteroatoms. The molecule has 5 rings (SSSR count). The summed E-state index contributed by atoms with van der Waals surface area (Å²) in [5.74, 6) is -1.99. The number of carbonyl (C=O) groups is 1. The van der Waals surface area contributed by atoms with Crippen molar-refractivity contribution in [3.05, 3.63) is 90.1 Å². The summed E-state index contributed by atoms with van der Waals surface area (Å²) < 4.78 is 90.3. The van der Waals surface area contributed by atoms with Gasteiger partial charge in [-0.2, -0.15) is 0 Å². The Bertz CT molecular complexity index is 1960. The summed E-state index contributed by atoms with van der Waals surface area (Å²) in [6.45, 7) is 3.76. The number of hydrogen-bond donors (Lipinski definition) is 3. The molecule has 2 atom stereocenters. The molecule has 0 aliphatic carbocycles. The lowest BCUT2D eigenvalue weighted by Gasteiger charge is -2.27. The van der Waals surface area contributed by atoms with Gasteiger partial charge in [0.15, 0.2) is 0 Å². The molecule has 3 aromatic carbocycles. The fraction of sp³-hybridized carbons (Fsp3) is 0.303. The number of nitrogens with zero attached hydrogens (tertiary/aromatic N) is 1. The zero-order valence-electron chi connectivity index (χ0n) is 25.0. The van der Waals surface area contributed by atoms with E-state index in [4.69, 9.17) is 9.88 Å². The highest BCUT2D eigenvalue weighted by Gasteiger charge is 2.35. The first-order valence-corrected chi connectivity index (χ1v) is 17.5. The lowest BCUT2D eigenvalue weighted by atomic mass is 10.00. The summed E-state index contributed by atoms with van der Waals surface area (Å²) in [4.78, 5) is 11.7. The summed E-state index contributed by atoms with van der Waals surface area (Å²) in [5, 5.41) is 15.4. The number of primary sulfonamides is 1. The van der Waals surface area contributed by atoms with Gasteiger partial charge in [-0.1, -0.05) is 33.4 Å². The normalized spacial score (nSPS) is 16.9. The Kier molecular flexibility index (Phi) is 10.6. The van der Waals surface area contributed by atoms with Crippen LogP contribution in [-0.2, 0) is 36.1 Å². The smallest absolute Gasteiger partial charge is 0.308 e. The number of cyclic esters (lactones) is 1. The molecule has 0 radical (unpaired) electrons. The second-order valence-corrected chi connectivity index (χ2v) is 14.6. The number of nitrogens with one attached hydrogen (secondary N) is 1. The van der Waals surface area contributed by atoms with Crippen molar-refractivity contribution in [2.75, 3.05) is 4.72 Å². The van der Waals surface area contributed by atoms with E-state index in [1.807, 2.05) is 0 Å². The van der Waals surface area contributed by atoms with Gasteiger partial charge in [0.05, 0.1) is 23.1 Å². The van der Waals surface area contributed by atoms with Crippen LogP contribution in [-0.4, -0.2) is 44.7 Å². The van der Waals surface area contributed by atoms with Crippen LogP contribution in [0.2, 0.25) is 0 Å². The summed E-state index contributed by atoms with van der Waals surface area (Å²) in [6.07, 6.45) is -1.17. The highest BCUT2D eigenvalue weighted by Crippen LogP contribution is 2.45. The largest absolute Gasteiger partial charge is 0.462 e. The minimum atomic E-state index is -4.45. The molecule has 4 aromatic rings. The van der Waals surface area contributed by atoms with Crippen LogP contribution in [0.4, 0.5) is 14.5 Å². The van der Waals surface area contributed by atoms with E-state index in [2.05, 4.69) is 4.72 Å². The number of anilines is 1. The average molecular weight is 690 g/mol. The topological polar surface area (TPSA) is 158 Å². The maximum atomic E-state index is 14.4. The van der Waals surface area contributed by atoms with Gasteiger partial charge in [0, 0.05) is 36.3 Å². The first-order chi connectivity index (χ1) is 21.6. The van der Waals surface area contributed by atoms with Gasteiger partial charge in [0.2, 0.25) is 10.0 Å². The number of carbonyl (C=O) groups excluding carboxylic acids is 1. The molecule has 0 bridgehead atoms. The molecule has 1 aliphatic heterocycles. The zero-order chi connectivity index (χ0) is 33.4. The van der Waals surface area contributed by atoms with Crippen LogP contribution < -0.4 is 9.86 Å². The van der Waals surface area contributed by atoms with Crippen LogP contribution in [0.25, 0.3) is 22.4 Å². The monoisotopic (exact) mass is 689 g/mol. The van der Waals surface area contributed by atoms with Crippen molar-refractivity contribution >= 4 is 31.7 Å². The van der Waals surface area contributed by atoms with E-state index in [-0.39, 0.29) is 54.3 Å². The highest BCUT2D eigenvalue weighted by atomic mass is 32.2. The lowest BCUT2D eigenvalue weighted by Crippen LogP contribution is -2.33. The van der Waals surface area contributed by atoms with Crippen LogP contribution in [0.1, 0.15) is 52.1 Å². The molecular weight excluding hydrogens is 653 g/mol. The van der Waals surface area contributed by atoms with E-state index in [9.17, 15) is 35.5 Å². The minimum Gasteiger partial charge on any atom is -0.462 e. The van der Waals surface area contributed by atoms with E-state index in [0.717, 1.165) is 0 Å². The average Bonchev–Trinajstić information content (AvgIpc) is 3.32. The van der Waals surface area contributed by atoms with E-state index in [1.54, 1.807) is 18.4 Å². The Hall–Kier alpha value is -4.11. The second kappa shape index (κ2) is 13.9. The van der Waals surface area contributed by atoms with Gasteiger partial charge in [-0.05, 0) is 77.7 Å². The minimum absolute atomic E-state index is 0. The third-order valence-corrected chi connectivity index (χ3v) is 10.1. The highest BCUT2D eigenvalue weighted by molar-refractivity contribution is 7.93. The third-order valence-electron chi connectivity index (χ3n) is 7.67. The number of sulfonamides is 2. The number of aliphatic hydroxyl groups is 1. The Morgan fingerprint density at radius 3 is 2.00 bits per heavy atom. The Labute approximate surface area is 273 Å². The number of rotatable bonds is 10. The van der Waals surface area contributed by atoms with Crippen LogP contribution in [0, 0.1) is 11.6 Å². The van der Waals surface area contributed by atoms with Crippen molar-refractivity contribution in [1.82, 2.24) is 4.57 Å². The van der Waals surface area contributed by atoms with Gasteiger partial charge >= 0.3 is 5.97 Å². The number of esters is 1. The van der Waals surface area contributed by atoms with Gasteiger partial charge in [-0.3, -0.25) is 9.52 Å². The van der Waals surface area contributed by atoms with Gasteiger partial charge in [-0.15, -0.1) is 0 Å². The molecular formula is C33H37F2N3O7S2. The quantitative estimate of drug-likeness (QED) is 0.179. The van der Waals surface area contributed by atoms with Crippen LogP contribution in [0.5, 0.6) is 0 Å². The Balaban J connectivity index is 0.00000500. The molecule has 1 unspecified atom stereocenters. The van der Waals surface area contributed by atoms with Gasteiger partial charge in [0.1, 0.15) is 22.6 Å². The predicted molar refractivity (Wildman–Crippen MR) is 174 cm³/mol. The number of halogens is 2. The van der Waals surface area contributed by atoms with E-state index < -0.39 is 55.8 Å². The molecule has 10 nitrogen and oxygen atoms in total. The first-order valence-electron chi connectivity index (χ1n) is 14.5. The number of ether oxygens (including phenoxy) is 1. The molecule has 4 N–H and O–H groups in total. The van der Waals surface area contributed by atoms with Crippen LogP contribution >= 0.6 is 0 Å². The second-order valence-electron chi connectivity index (χ2n) is 11.4. The molecule has 0 spiro atoms. The number of aromatic nitrogens is 1. The SMILES string of the molecule is C.CC(C)c1c(S(=O)(=O)Nc2ccc(S(N)(=O)=O)cc2)c(-c2ccc(F)cc2)c(-c2ccc(F)cc2)n1CCC1C[C@@H](O)CC(=O)O1. The van der Waals surface area contributed by atoms with E-state index in [1.165, 1.54) is 72.8 Å². The Morgan fingerprint density at radius 2 is 1.49 bits per heavy atom. The number of aliphatic hydroxyl groups excluding tert-OH is 1. The zero-order valence-corrected chi connectivity index (χ0v) is 26.6. The molecule has 47 heavy (non-hydrogen) atoms. The van der Waals surface area contributed by atoms with Crippen molar-refractivity contribution in [2.24, 2.45) is 5.14 Å². The maximum Gasteiger partial charge on any atom is 0.308 e. The van der Waals surface area contributed by atoms with Crippen molar-refractivity contribution in [3.8, 4) is 22.4 Å². The molecule has 252 valence electrons. The van der Waals surface area contributed by atoms with Gasteiger partial charge in [0.25, 0.3) is 10.0 Å². The van der Waals surface area contributed by atoms with Gasteiger partial charge < -0.3 is 14.4 Å². The predicted octanol–water partition coefficient (Wildman–Crippen LogP) is 5.76. The van der Waals surface area contributed by atoms with Gasteiger partial charge in [-0.25, -0.2) is 30.8 Å².